The Bertz CT molecular complexity index is 812. The zero-order valence-corrected chi connectivity index (χ0v) is 13.5. The molecule has 124 valence electrons. The molecule has 1 aromatic heterocycles. The number of H-pyrrole nitrogens is 1. The predicted molar refractivity (Wildman–Crippen MR) is 93.5 cm³/mol. The number of rotatable bonds is 7. The van der Waals surface area contributed by atoms with Gasteiger partial charge >= 0.3 is 0 Å². The third-order valence-corrected chi connectivity index (χ3v) is 3.80. The van der Waals surface area contributed by atoms with Gasteiger partial charge in [0.15, 0.2) is 6.61 Å². The van der Waals surface area contributed by atoms with Gasteiger partial charge in [0.1, 0.15) is 11.5 Å². The quantitative estimate of drug-likeness (QED) is 0.702. The fourth-order valence-electron chi connectivity index (χ4n) is 2.55. The van der Waals surface area contributed by atoms with Crippen LogP contribution in [-0.2, 0) is 11.2 Å². The van der Waals surface area contributed by atoms with E-state index >= 15 is 0 Å². The minimum Gasteiger partial charge on any atom is -0.497 e. The molecule has 0 bridgehead atoms. The van der Waals surface area contributed by atoms with Gasteiger partial charge in [-0.1, -0.05) is 18.2 Å². The lowest BCUT2D eigenvalue weighted by Gasteiger charge is -2.07. The summed E-state index contributed by atoms with van der Waals surface area (Å²) in [6.45, 7) is 0.588. The van der Waals surface area contributed by atoms with Crippen LogP contribution in [0.2, 0.25) is 0 Å². The van der Waals surface area contributed by atoms with Gasteiger partial charge in [-0.15, -0.1) is 0 Å². The highest BCUT2D eigenvalue weighted by atomic mass is 16.5. The first-order chi connectivity index (χ1) is 11.8. The fourth-order valence-corrected chi connectivity index (χ4v) is 2.55. The van der Waals surface area contributed by atoms with Crippen molar-refractivity contribution in [1.82, 2.24) is 10.3 Å². The molecule has 5 heteroatoms. The molecule has 0 spiro atoms. The Kier molecular flexibility index (Phi) is 5.01. The molecular formula is C19H20N2O3. The van der Waals surface area contributed by atoms with Gasteiger partial charge in [0, 0.05) is 29.7 Å². The van der Waals surface area contributed by atoms with E-state index in [0.29, 0.717) is 12.3 Å². The van der Waals surface area contributed by atoms with E-state index < -0.39 is 0 Å². The van der Waals surface area contributed by atoms with Crippen molar-refractivity contribution in [3.8, 4) is 11.5 Å². The first-order valence-electron chi connectivity index (χ1n) is 7.85. The maximum absolute atomic E-state index is 11.8. The number of carbonyl (C=O) groups excluding carboxylic acids is 1. The molecule has 0 unspecified atom stereocenters. The summed E-state index contributed by atoms with van der Waals surface area (Å²) in [5.74, 6) is 1.39. The van der Waals surface area contributed by atoms with E-state index in [-0.39, 0.29) is 12.5 Å². The minimum absolute atomic E-state index is 0.0229. The lowest BCUT2D eigenvalue weighted by atomic mass is 10.1. The normalized spacial score (nSPS) is 10.5. The van der Waals surface area contributed by atoms with Crippen molar-refractivity contribution < 1.29 is 14.3 Å². The first-order valence-corrected chi connectivity index (χ1v) is 7.85. The average Bonchev–Trinajstić information content (AvgIpc) is 3.03. The van der Waals surface area contributed by atoms with Crippen LogP contribution in [0.25, 0.3) is 10.9 Å². The van der Waals surface area contributed by atoms with Crippen LogP contribution in [-0.4, -0.2) is 31.2 Å². The largest absolute Gasteiger partial charge is 0.497 e. The molecular weight excluding hydrogens is 304 g/mol. The summed E-state index contributed by atoms with van der Waals surface area (Å²) < 4.78 is 10.6. The van der Waals surface area contributed by atoms with Gasteiger partial charge in [-0.25, -0.2) is 0 Å². The molecule has 0 saturated heterocycles. The van der Waals surface area contributed by atoms with E-state index in [1.165, 1.54) is 0 Å². The SMILES string of the molecule is COc1ccc2c(CCNC(=O)COc3ccccc3)c[nH]c2c1. The summed E-state index contributed by atoms with van der Waals surface area (Å²) >= 11 is 0. The number of para-hydroxylation sites is 1. The van der Waals surface area contributed by atoms with Crippen LogP contribution in [0.5, 0.6) is 11.5 Å². The number of aromatic amines is 1. The molecule has 2 N–H and O–H groups in total. The Labute approximate surface area is 140 Å². The monoisotopic (exact) mass is 324 g/mol. The number of ether oxygens (including phenoxy) is 2. The summed E-state index contributed by atoms with van der Waals surface area (Å²) in [5, 5.41) is 4.02. The standard InChI is InChI=1S/C19H20N2O3/c1-23-16-7-8-17-14(12-21-18(17)11-16)9-10-20-19(22)13-24-15-5-3-2-4-6-15/h2-8,11-12,21H,9-10,13H2,1H3,(H,20,22). The van der Waals surface area contributed by atoms with Crippen molar-refractivity contribution >= 4 is 16.8 Å². The highest BCUT2D eigenvalue weighted by molar-refractivity contribution is 5.84. The summed E-state index contributed by atoms with van der Waals surface area (Å²) in [4.78, 5) is 15.1. The molecule has 0 radical (unpaired) electrons. The number of amides is 1. The number of methoxy groups -OCH3 is 1. The molecule has 5 nitrogen and oxygen atoms in total. The fraction of sp³-hybridized carbons (Fsp3) is 0.211. The average molecular weight is 324 g/mol. The number of nitrogens with one attached hydrogen (secondary N) is 2. The van der Waals surface area contributed by atoms with Gasteiger partial charge in [-0.2, -0.15) is 0 Å². The Morgan fingerprint density at radius 2 is 1.96 bits per heavy atom. The molecule has 3 aromatic rings. The van der Waals surface area contributed by atoms with Gasteiger partial charge in [-0.05, 0) is 36.2 Å². The molecule has 24 heavy (non-hydrogen) atoms. The number of hydrogen-bond acceptors (Lipinski definition) is 3. The Hall–Kier alpha value is -2.95. The number of carbonyl (C=O) groups is 1. The Balaban J connectivity index is 1.48. The highest BCUT2D eigenvalue weighted by Gasteiger charge is 2.06. The Morgan fingerprint density at radius 3 is 2.75 bits per heavy atom. The van der Waals surface area contributed by atoms with E-state index in [0.717, 1.165) is 28.6 Å². The van der Waals surface area contributed by atoms with E-state index in [4.69, 9.17) is 9.47 Å². The molecule has 0 aliphatic heterocycles. The van der Waals surface area contributed by atoms with Crippen molar-refractivity contribution in [1.29, 1.82) is 0 Å². The van der Waals surface area contributed by atoms with Gasteiger partial charge in [-0.3, -0.25) is 4.79 Å². The van der Waals surface area contributed by atoms with E-state index in [9.17, 15) is 4.79 Å². The molecule has 1 heterocycles. The molecule has 0 fully saturated rings. The van der Waals surface area contributed by atoms with Gasteiger partial charge in [0.25, 0.3) is 5.91 Å². The van der Waals surface area contributed by atoms with E-state index in [1.54, 1.807) is 7.11 Å². The molecule has 0 aliphatic rings. The van der Waals surface area contributed by atoms with Crippen molar-refractivity contribution in [2.75, 3.05) is 20.3 Å². The summed E-state index contributed by atoms with van der Waals surface area (Å²) in [5.41, 5.74) is 2.19. The number of aromatic nitrogens is 1. The van der Waals surface area contributed by atoms with Crippen LogP contribution in [0.3, 0.4) is 0 Å². The maximum atomic E-state index is 11.8. The lowest BCUT2D eigenvalue weighted by molar-refractivity contribution is -0.123. The second-order valence-corrected chi connectivity index (χ2v) is 5.43. The molecule has 3 rings (SSSR count). The third-order valence-electron chi connectivity index (χ3n) is 3.80. The van der Waals surface area contributed by atoms with Crippen LogP contribution >= 0.6 is 0 Å². The van der Waals surface area contributed by atoms with Gasteiger partial charge < -0.3 is 19.8 Å². The topological polar surface area (TPSA) is 63.4 Å². The zero-order valence-electron chi connectivity index (χ0n) is 13.5. The van der Waals surface area contributed by atoms with Crippen LogP contribution < -0.4 is 14.8 Å². The maximum Gasteiger partial charge on any atom is 0.257 e. The molecule has 0 aliphatic carbocycles. The summed E-state index contributed by atoms with van der Waals surface area (Å²) in [6.07, 6.45) is 2.72. The molecule has 1 amide bonds. The van der Waals surface area contributed by atoms with Gasteiger partial charge in [0.05, 0.1) is 7.11 Å². The van der Waals surface area contributed by atoms with Gasteiger partial charge in [0.2, 0.25) is 0 Å². The van der Waals surface area contributed by atoms with Crippen molar-refractivity contribution in [3.63, 3.8) is 0 Å². The van der Waals surface area contributed by atoms with E-state index in [1.807, 2.05) is 54.7 Å². The van der Waals surface area contributed by atoms with Crippen LogP contribution in [0.4, 0.5) is 0 Å². The van der Waals surface area contributed by atoms with Crippen LogP contribution in [0.15, 0.2) is 54.7 Å². The summed E-state index contributed by atoms with van der Waals surface area (Å²) in [7, 11) is 1.65. The second-order valence-electron chi connectivity index (χ2n) is 5.43. The van der Waals surface area contributed by atoms with Crippen LogP contribution in [0, 0.1) is 0 Å². The molecule has 0 atom stereocenters. The van der Waals surface area contributed by atoms with Crippen molar-refractivity contribution in [2.24, 2.45) is 0 Å². The zero-order chi connectivity index (χ0) is 16.8. The highest BCUT2D eigenvalue weighted by Crippen LogP contribution is 2.23. The Morgan fingerprint density at radius 1 is 1.12 bits per heavy atom. The third kappa shape index (κ3) is 3.87. The van der Waals surface area contributed by atoms with E-state index in [2.05, 4.69) is 10.3 Å². The predicted octanol–water partition coefficient (Wildman–Crippen LogP) is 2.91. The van der Waals surface area contributed by atoms with Crippen LogP contribution in [0.1, 0.15) is 5.56 Å². The van der Waals surface area contributed by atoms with Crippen molar-refractivity contribution in [3.05, 3.63) is 60.3 Å². The summed E-state index contributed by atoms with van der Waals surface area (Å²) in [6, 6.07) is 15.2. The number of hydrogen-bond donors (Lipinski definition) is 2. The smallest absolute Gasteiger partial charge is 0.257 e. The molecule has 2 aromatic carbocycles. The second kappa shape index (κ2) is 7.55. The lowest BCUT2D eigenvalue weighted by Crippen LogP contribution is -2.30. The van der Waals surface area contributed by atoms with Crippen molar-refractivity contribution in [2.45, 2.75) is 6.42 Å². The number of fused-ring (bicyclic) bond motifs is 1. The number of benzene rings is 2. The molecule has 0 saturated carbocycles. The minimum atomic E-state index is -0.125. The first kappa shape index (κ1) is 15.9.